The molecular formula is C24H26N2O4S. The number of carboxylic acid groups (broad SMARTS) is 1. The van der Waals surface area contributed by atoms with Gasteiger partial charge in [-0.1, -0.05) is 18.2 Å². The third kappa shape index (κ3) is 3.65. The Balaban J connectivity index is 1.42. The number of carbonyl (C=O) groups excluding carboxylic acids is 2. The Hall–Kier alpha value is -2.67. The van der Waals surface area contributed by atoms with Crippen LogP contribution in [0.2, 0.25) is 0 Å². The maximum Gasteiger partial charge on any atom is 0.307 e. The van der Waals surface area contributed by atoms with Crippen LogP contribution in [0, 0.1) is 23.7 Å². The minimum absolute atomic E-state index is 0.0763. The number of hydrogen-bond acceptors (Lipinski definition) is 4. The highest BCUT2D eigenvalue weighted by Crippen LogP contribution is 2.50. The lowest BCUT2D eigenvalue weighted by molar-refractivity contribution is -0.156. The van der Waals surface area contributed by atoms with Gasteiger partial charge in [-0.15, -0.1) is 11.3 Å². The predicted molar refractivity (Wildman–Crippen MR) is 119 cm³/mol. The Labute approximate surface area is 185 Å². The molecule has 2 atom stereocenters. The molecule has 6 rings (SSSR count). The van der Waals surface area contributed by atoms with Crippen molar-refractivity contribution in [2.24, 2.45) is 23.7 Å². The minimum Gasteiger partial charge on any atom is -0.481 e. The number of benzene rings is 1. The number of nitrogens with one attached hydrogen (secondary N) is 2. The van der Waals surface area contributed by atoms with Crippen LogP contribution in [0.5, 0.6) is 0 Å². The summed E-state index contributed by atoms with van der Waals surface area (Å²) in [4.78, 5) is 39.6. The molecule has 6 nitrogen and oxygen atoms in total. The molecule has 0 unspecified atom stereocenters. The van der Waals surface area contributed by atoms with Crippen LogP contribution in [0.3, 0.4) is 0 Å². The zero-order chi connectivity index (χ0) is 21.5. The summed E-state index contributed by atoms with van der Waals surface area (Å²) in [6.45, 7) is 0. The number of carboxylic acids is 1. The second-order valence-electron chi connectivity index (χ2n) is 8.94. The van der Waals surface area contributed by atoms with Gasteiger partial charge in [-0.05, 0) is 74.5 Å². The van der Waals surface area contributed by atoms with Gasteiger partial charge in [-0.3, -0.25) is 14.4 Å². The van der Waals surface area contributed by atoms with Gasteiger partial charge >= 0.3 is 5.97 Å². The molecule has 1 aromatic heterocycles. The molecular weight excluding hydrogens is 412 g/mol. The molecule has 1 heterocycles. The van der Waals surface area contributed by atoms with E-state index in [1.165, 1.54) is 11.3 Å². The lowest BCUT2D eigenvalue weighted by atomic mass is 9.58. The number of aryl methyl sites for hydroxylation is 1. The van der Waals surface area contributed by atoms with Crippen molar-refractivity contribution in [3.8, 4) is 0 Å². The van der Waals surface area contributed by atoms with E-state index >= 15 is 0 Å². The Kier molecular flexibility index (Phi) is 5.30. The van der Waals surface area contributed by atoms with Crippen LogP contribution in [-0.2, 0) is 22.4 Å². The number of carbonyl (C=O) groups is 3. The number of fused-ring (bicyclic) bond motifs is 4. The molecule has 0 spiro atoms. The topological polar surface area (TPSA) is 95.5 Å². The molecule has 162 valence electrons. The monoisotopic (exact) mass is 438 g/mol. The van der Waals surface area contributed by atoms with Gasteiger partial charge in [0.2, 0.25) is 5.91 Å². The van der Waals surface area contributed by atoms with Crippen molar-refractivity contribution < 1.29 is 19.5 Å². The smallest absolute Gasteiger partial charge is 0.307 e. The Morgan fingerprint density at radius 1 is 0.903 bits per heavy atom. The van der Waals surface area contributed by atoms with Crippen molar-refractivity contribution >= 4 is 39.8 Å². The van der Waals surface area contributed by atoms with E-state index in [9.17, 15) is 19.5 Å². The summed E-state index contributed by atoms with van der Waals surface area (Å²) in [5.41, 5.74) is 2.27. The van der Waals surface area contributed by atoms with Crippen LogP contribution in [0.15, 0.2) is 30.3 Å². The van der Waals surface area contributed by atoms with Crippen molar-refractivity contribution in [3.05, 3.63) is 46.3 Å². The van der Waals surface area contributed by atoms with Gasteiger partial charge < -0.3 is 15.7 Å². The summed E-state index contributed by atoms with van der Waals surface area (Å²) in [5.74, 6) is -2.29. The van der Waals surface area contributed by atoms with Crippen LogP contribution in [-0.4, -0.2) is 22.9 Å². The van der Waals surface area contributed by atoms with Gasteiger partial charge in [-0.2, -0.15) is 0 Å². The van der Waals surface area contributed by atoms with Gasteiger partial charge in [-0.25, -0.2) is 0 Å². The molecule has 2 bridgehead atoms. The average Bonchev–Trinajstić information content (AvgIpc) is 3.35. The highest BCUT2D eigenvalue weighted by atomic mass is 32.1. The lowest BCUT2D eigenvalue weighted by Crippen LogP contribution is -2.49. The molecule has 3 fully saturated rings. The van der Waals surface area contributed by atoms with Gasteiger partial charge in [0.25, 0.3) is 5.91 Å². The Morgan fingerprint density at radius 3 is 2.26 bits per heavy atom. The number of thiophene rings is 1. The van der Waals surface area contributed by atoms with Crippen LogP contribution >= 0.6 is 11.3 Å². The molecule has 31 heavy (non-hydrogen) atoms. The second-order valence-corrected chi connectivity index (χ2v) is 10.0. The van der Waals surface area contributed by atoms with Crippen LogP contribution in [0.1, 0.15) is 52.9 Å². The second kappa shape index (κ2) is 8.11. The molecule has 4 aliphatic rings. The first kappa shape index (κ1) is 20.2. The summed E-state index contributed by atoms with van der Waals surface area (Å²) in [6.07, 6.45) is 6.35. The maximum absolute atomic E-state index is 13.3. The average molecular weight is 439 g/mol. The van der Waals surface area contributed by atoms with E-state index in [0.29, 0.717) is 16.3 Å². The molecule has 7 heteroatoms. The summed E-state index contributed by atoms with van der Waals surface area (Å²) in [5, 5.41) is 16.3. The molecule has 2 aromatic rings. The van der Waals surface area contributed by atoms with Crippen molar-refractivity contribution in [1.29, 1.82) is 0 Å². The van der Waals surface area contributed by atoms with Gasteiger partial charge in [0.1, 0.15) is 5.00 Å². The Bertz CT molecular complexity index is 1020. The van der Waals surface area contributed by atoms with Crippen LogP contribution in [0.4, 0.5) is 10.7 Å². The van der Waals surface area contributed by atoms with Gasteiger partial charge in [0.15, 0.2) is 0 Å². The van der Waals surface area contributed by atoms with Crippen molar-refractivity contribution in [2.45, 2.75) is 44.9 Å². The summed E-state index contributed by atoms with van der Waals surface area (Å²) in [6, 6.07) is 9.28. The Morgan fingerprint density at radius 2 is 1.58 bits per heavy atom. The van der Waals surface area contributed by atoms with E-state index in [1.807, 2.05) is 30.3 Å². The van der Waals surface area contributed by atoms with Crippen LogP contribution in [0.25, 0.3) is 0 Å². The normalized spacial score (nSPS) is 26.3. The van der Waals surface area contributed by atoms with Gasteiger partial charge in [0, 0.05) is 10.6 Å². The molecule has 0 saturated heterocycles. The number of hydrogen-bond donors (Lipinski definition) is 3. The molecule has 0 aliphatic heterocycles. The number of rotatable bonds is 5. The third-order valence-corrected chi connectivity index (χ3v) is 8.43. The first-order valence-electron chi connectivity index (χ1n) is 11.1. The lowest BCUT2D eigenvalue weighted by Gasteiger charge is -2.45. The highest BCUT2D eigenvalue weighted by molar-refractivity contribution is 7.17. The fourth-order valence-electron chi connectivity index (χ4n) is 5.82. The SMILES string of the molecule is O=C(Nc1ccccc1)c1c(NC(=O)[C@@H]2C3CCC(CC3)[C@@H]2C(=O)O)sc2c1CCC2. The quantitative estimate of drug-likeness (QED) is 0.637. The first-order valence-corrected chi connectivity index (χ1v) is 11.9. The van der Waals surface area contributed by atoms with Crippen LogP contribution < -0.4 is 10.6 Å². The standard InChI is InChI=1S/C24H26N2O4S/c27-21(18-13-9-11-14(12-10-13)19(18)24(29)30)26-23-20(16-7-4-8-17(16)31-23)22(28)25-15-5-2-1-3-6-15/h1-3,5-6,13-14,18-19H,4,7-12H2,(H,25,28)(H,26,27)(H,29,30)/t13?,14?,18-,19+/m1/s1. The van der Waals surface area contributed by atoms with Gasteiger partial charge in [0.05, 0.1) is 17.4 Å². The third-order valence-electron chi connectivity index (χ3n) is 7.22. The van der Waals surface area contributed by atoms with E-state index in [1.54, 1.807) is 0 Å². The number of aliphatic carboxylic acids is 1. The molecule has 3 saturated carbocycles. The summed E-state index contributed by atoms with van der Waals surface area (Å²) in [7, 11) is 0. The summed E-state index contributed by atoms with van der Waals surface area (Å²) < 4.78 is 0. The maximum atomic E-state index is 13.3. The van der Waals surface area contributed by atoms with Crippen molar-refractivity contribution in [1.82, 2.24) is 0 Å². The summed E-state index contributed by atoms with van der Waals surface area (Å²) >= 11 is 1.47. The highest BCUT2D eigenvalue weighted by Gasteiger charge is 2.50. The molecule has 2 amide bonds. The van der Waals surface area contributed by atoms with E-state index in [-0.39, 0.29) is 23.7 Å². The minimum atomic E-state index is -0.870. The zero-order valence-electron chi connectivity index (χ0n) is 17.2. The largest absolute Gasteiger partial charge is 0.481 e. The fourth-order valence-corrected chi connectivity index (χ4v) is 7.11. The molecule has 0 radical (unpaired) electrons. The molecule has 4 aliphatic carbocycles. The van der Waals surface area contributed by atoms with E-state index in [4.69, 9.17) is 0 Å². The van der Waals surface area contributed by atoms with E-state index in [0.717, 1.165) is 55.4 Å². The predicted octanol–water partition coefficient (Wildman–Crippen LogP) is 4.56. The number of para-hydroxylation sites is 1. The van der Waals surface area contributed by atoms with Crippen molar-refractivity contribution in [2.75, 3.05) is 10.6 Å². The van der Waals surface area contributed by atoms with Crippen molar-refractivity contribution in [3.63, 3.8) is 0 Å². The number of anilines is 2. The number of amides is 2. The first-order chi connectivity index (χ1) is 15.0. The molecule has 1 aromatic carbocycles. The van der Waals surface area contributed by atoms with E-state index in [2.05, 4.69) is 10.6 Å². The fraction of sp³-hybridized carbons (Fsp3) is 0.458. The van der Waals surface area contributed by atoms with E-state index < -0.39 is 17.8 Å². The zero-order valence-corrected chi connectivity index (χ0v) is 18.0. The molecule has 3 N–H and O–H groups in total.